The van der Waals surface area contributed by atoms with Crippen LogP contribution in [-0.4, -0.2) is 22.1 Å². The molecule has 2 aromatic heterocycles. The van der Waals surface area contributed by atoms with E-state index in [0.717, 1.165) is 9.88 Å². The van der Waals surface area contributed by atoms with Gasteiger partial charge in [-0.15, -0.1) is 11.3 Å². The molecule has 0 fully saturated rings. The van der Waals surface area contributed by atoms with E-state index >= 15 is 0 Å². The summed E-state index contributed by atoms with van der Waals surface area (Å²) < 4.78 is 5.09. The summed E-state index contributed by atoms with van der Waals surface area (Å²) in [6.07, 6.45) is 3.40. The van der Waals surface area contributed by atoms with Crippen molar-refractivity contribution < 1.29 is 4.74 Å². The number of hydrogen-bond donors (Lipinski definition) is 0. The van der Waals surface area contributed by atoms with Crippen LogP contribution in [-0.2, 0) is 0 Å². The molecule has 0 atom stereocenters. The Morgan fingerprint density at radius 2 is 2.00 bits per heavy atom. The molecule has 14 heavy (non-hydrogen) atoms. The monoisotopic (exact) mass is 207 g/mol. The molecular formula is C9H9N3OS. The molecule has 0 saturated carbocycles. The van der Waals surface area contributed by atoms with Gasteiger partial charge in [0, 0.05) is 12.4 Å². The van der Waals surface area contributed by atoms with Gasteiger partial charge in [-0.2, -0.15) is 4.98 Å². The molecule has 0 aromatic carbocycles. The Labute approximate surface area is 85.6 Å². The Hall–Kier alpha value is -1.49. The van der Waals surface area contributed by atoms with Crippen molar-refractivity contribution in [2.75, 3.05) is 7.11 Å². The fraction of sp³-hybridized carbons (Fsp3) is 0.222. The van der Waals surface area contributed by atoms with Crippen LogP contribution in [0.4, 0.5) is 0 Å². The van der Waals surface area contributed by atoms with E-state index in [1.807, 2.05) is 6.92 Å². The largest absolute Gasteiger partial charge is 0.480 e. The van der Waals surface area contributed by atoms with E-state index in [1.54, 1.807) is 25.6 Å². The van der Waals surface area contributed by atoms with Crippen LogP contribution in [0.25, 0.3) is 10.8 Å². The minimum atomic E-state index is 0.643. The standard InChI is InChI=1S/C9H9N3OS/c1-6-8(13-2)12-9(14-6)7-10-4-3-5-11-7/h3-5H,1-2H3. The number of hydrogen-bond acceptors (Lipinski definition) is 5. The number of aromatic nitrogens is 3. The van der Waals surface area contributed by atoms with E-state index in [4.69, 9.17) is 4.74 Å². The van der Waals surface area contributed by atoms with E-state index in [0.29, 0.717) is 11.7 Å². The van der Waals surface area contributed by atoms with Gasteiger partial charge in [-0.1, -0.05) is 0 Å². The third-order valence-corrected chi connectivity index (χ3v) is 2.65. The van der Waals surface area contributed by atoms with Gasteiger partial charge in [0.05, 0.1) is 12.0 Å². The van der Waals surface area contributed by atoms with Crippen molar-refractivity contribution >= 4 is 11.3 Å². The number of aryl methyl sites for hydroxylation is 1. The predicted molar refractivity (Wildman–Crippen MR) is 54.4 cm³/mol. The van der Waals surface area contributed by atoms with E-state index in [-0.39, 0.29) is 0 Å². The molecule has 0 aliphatic rings. The van der Waals surface area contributed by atoms with Gasteiger partial charge >= 0.3 is 0 Å². The molecule has 0 unspecified atom stereocenters. The second-order valence-corrected chi connectivity index (χ2v) is 3.86. The smallest absolute Gasteiger partial charge is 0.227 e. The molecule has 0 aliphatic carbocycles. The summed E-state index contributed by atoms with van der Waals surface area (Å²) in [6.45, 7) is 1.96. The van der Waals surface area contributed by atoms with Gasteiger partial charge in [0.15, 0.2) is 10.8 Å². The quantitative estimate of drug-likeness (QED) is 0.754. The molecule has 4 nitrogen and oxygen atoms in total. The summed E-state index contributed by atoms with van der Waals surface area (Å²) >= 11 is 1.53. The van der Waals surface area contributed by atoms with Crippen molar-refractivity contribution in [1.29, 1.82) is 0 Å². The highest BCUT2D eigenvalue weighted by atomic mass is 32.1. The van der Waals surface area contributed by atoms with Crippen LogP contribution in [0, 0.1) is 6.92 Å². The molecule has 2 heterocycles. The topological polar surface area (TPSA) is 47.9 Å². The van der Waals surface area contributed by atoms with Crippen molar-refractivity contribution in [3.8, 4) is 16.7 Å². The molecule has 2 rings (SSSR count). The first-order valence-electron chi connectivity index (χ1n) is 4.10. The highest BCUT2D eigenvalue weighted by molar-refractivity contribution is 7.15. The number of nitrogens with zero attached hydrogens (tertiary/aromatic N) is 3. The zero-order chi connectivity index (χ0) is 9.97. The Morgan fingerprint density at radius 3 is 2.57 bits per heavy atom. The van der Waals surface area contributed by atoms with Gasteiger partial charge in [0.2, 0.25) is 5.88 Å². The lowest BCUT2D eigenvalue weighted by Crippen LogP contribution is -1.87. The first-order chi connectivity index (χ1) is 6.81. The first kappa shape index (κ1) is 9.08. The Bertz CT molecular complexity index is 427. The van der Waals surface area contributed by atoms with Gasteiger partial charge in [0.25, 0.3) is 0 Å². The predicted octanol–water partition coefficient (Wildman–Crippen LogP) is 1.92. The van der Waals surface area contributed by atoms with E-state index in [9.17, 15) is 0 Å². The van der Waals surface area contributed by atoms with Gasteiger partial charge in [-0.05, 0) is 13.0 Å². The molecule has 0 aliphatic heterocycles. The van der Waals surface area contributed by atoms with Crippen LogP contribution in [0.15, 0.2) is 18.5 Å². The fourth-order valence-corrected chi connectivity index (χ4v) is 1.91. The number of rotatable bonds is 2. The van der Waals surface area contributed by atoms with Crippen molar-refractivity contribution in [3.05, 3.63) is 23.3 Å². The van der Waals surface area contributed by atoms with Crippen LogP contribution in [0.2, 0.25) is 0 Å². The third-order valence-electron chi connectivity index (χ3n) is 1.70. The molecule has 0 bridgehead atoms. The first-order valence-corrected chi connectivity index (χ1v) is 4.91. The molecule has 5 heteroatoms. The van der Waals surface area contributed by atoms with Crippen molar-refractivity contribution in [2.24, 2.45) is 0 Å². The van der Waals surface area contributed by atoms with Gasteiger partial charge in [0.1, 0.15) is 0 Å². The lowest BCUT2D eigenvalue weighted by Gasteiger charge is -1.92. The molecule has 0 saturated heterocycles. The van der Waals surface area contributed by atoms with E-state index < -0.39 is 0 Å². The Kier molecular flexibility index (Phi) is 2.41. The lowest BCUT2D eigenvalue weighted by molar-refractivity contribution is 0.398. The van der Waals surface area contributed by atoms with Crippen LogP contribution in [0.3, 0.4) is 0 Å². The normalized spacial score (nSPS) is 10.1. The van der Waals surface area contributed by atoms with Gasteiger partial charge < -0.3 is 4.74 Å². The minimum Gasteiger partial charge on any atom is -0.480 e. The second-order valence-electron chi connectivity index (χ2n) is 2.66. The molecule has 2 aromatic rings. The zero-order valence-corrected chi connectivity index (χ0v) is 8.71. The maximum Gasteiger partial charge on any atom is 0.227 e. The van der Waals surface area contributed by atoms with Crippen molar-refractivity contribution in [1.82, 2.24) is 15.0 Å². The van der Waals surface area contributed by atoms with E-state index in [1.165, 1.54) is 11.3 Å². The summed E-state index contributed by atoms with van der Waals surface area (Å²) in [5.74, 6) is 1.29. The molecule has 72 valence electrons. The van der Waals surface area contributed by atoms with Gasteiger partial charge in [-0.25, -0.2) is 9.97 Å². The average molecular weight is 207 g/mol. The number of methoxy groups -OCH3 is 1. The van der Waals surface area contributed by atoms with Gasteiger partial charge in [-0.3, -0.25) is 0 Å². The Morgan fingerprint density at radius 1 is 1.29 bits per heavy atom. The van der Waals surface area contributed by atoms with Crippen LogP contribution >= 0.6 is 11.3 Å². The Balaban J connectivity index is 2.43. The van der Waals surface area contributed by atoms with Crippen molar-refractivity contribution in [3.63, 3.8) is 0 Å². The summed E-state index contributed by atoms with van der Waals surface area (Å²) in [4.78, 5) is 13.5. The summed E-state index contributed by atoms with van der Waals surface area (Å²) in [7, 11) is 1.61. The molecule has 0 radical (unpaired) electrons. The maximum atomic E-state index is 5.09. The number of thiazole rings is 1. The summed E-state index contributed by atoms with van der Waals surface area (Å²) in [6, 6.07) is 1.78. The van der Waals surface area contributed by atoms with Crippen LogP contribution < -0.4 is 4.74 Å². The minimum absolute atomic E-state index is 0.643. The van der Waals surface area contributed by atoms with Crippen LogP contribution in [0.1, 0.15) is 4.88 Å². The van der Waals surface area contributed by atoms with E-state index in [2.05, 4.69) is 15.0 Å². The zero-order valence-electron chi connectivity index (χ0n) is 7.89. The lowest BCUT2D eigenvalue weighted by atomic mass is 10.5. The molecule has 0 N–H and O–H groups in total. The molecular weight excluding hydrogens is 198 g/mol. The van der Waals surface area contributed by atoms with Crippen LogP contribution in [0.5, 0.6) is 5.88 Å². The third kappa shape index (κ3) is 1.58. The molecule has 0 amide bonds. The SMILES string of the molecule is COc1nc(-c2ncccn2)sc1C. The maximum absolute atomic E-state index is 5.09. The second kappa shape index (κ2) is 3.71. The average Bonchev–Trinajstić information content (AvgIpc) is 2.61. The number of ether oxygens (including phenoxy) is 1. The highest BCUT2D eigenvalue weighted by Gasteiger charge is 2.10. The summed E-state index contributed by atoms with van der Waals surface area (Å²) in [5.41, 5.74) is 0. The molecule has 0 spiro atoms. The van der Waals surface area contributed by atoms with Crippen molar-refractivity contribution in [2.45, 2.75) is 6.92 Å². The highest BCUT2D eigenvalue weighted by Crippen LogP contribution is 2.29. The summed E-state index contributed by atoms with van der Waals surface area (Å²) in [5, 5.41) is 0.792. The fourth-order valence-electron chi connectivity index (χ4n) is 1.08.